The first kappa shape index (κ1) is 14.7. The molecule has 0 saturated carbocycles. The molecule has 0 rings (SSSR count). The zero-order valence-electron chi connectivity index (χ0n) is 9.79. The third-order valence-electron chi connectivity index (χ3n) is 1.82. The Balaban J connectivity index is 3.47. The van der Waals surface area contributed by atoms with Crippen LogP contribution in [0.15, 0.2) is 0 Å². The largest absolute Gasteiger partial charge is 0.377 e. The van der Waals surface area contributed by atoms with E-state index in [1.807, 2.05) is 20.1 Å². The molecule has 0 aliphatic heterocycles. The minimum atomic E-state index is -0.392. The van der Waals surface area contributed by atoms with Crippen LogP contribution in [0.1, 0.15) is 20.3 Å². The maximum Gasteiger partial charge on any atom is 0.237 e. The van der Waals surface area contributed by atoms with Gasteiger partial charge in [0.1, 0.15) is 0 Å². The van der Waals surface area contributed by atoms with E-state index in [1.165, 1.54) is 0 Å². The van der Waals surface area contributed by atoms with Crippen LogP contribution in [0.2, 0.25) is 0 Å². The van der Waals surface area contributed by atoms with Gasteiger partial charge in [-0.25, -0.2) is 0 Å². The first-order valence-corrected chi connectivity index (χ1v) is 6.61. The van der Waals surface area contributed by atoms with Crippen LogP contribution in [0, 0.1) is 0 Å². The molecule has 0 radical (unpaired) electrons. The van der Waals surface area contributed by atoms with Crippen LogP contribution in [0.3, 0.4) is 0 Å². The Morgan fingerprint density at radius 1 is 1.53 bits per heavy atom. The van der Waals surface area contributed by atoms with Crippen molar-refractivity contribution in [3.05, 3.63) is 0 Å². The summed E-state index contributed by atoms with van der Waals surface area (Å²) in [4.78, 5) is 11.4. The van der Waals surface area contributed by atoms with E-state index in [2.05, 4.69) is 5.32 Å². The Hall–Kier alpha value is -0.260. The van der Waals surface area contributed by atoms with Gasteiger partial charge in [0.25, 0.3) is 0 Å². The van der Waals surface area contributed by atoms with Gasteiger partial charge in [0.15, 0.2) is 0 Å². The molecule has 1 atom stereocenters. The van der Waals surface area contributed by atoms with Crippen LogP contribution in [-0.4, -0.2) is 43.2 Å². The molecule has 1 amide bonds. The van der Waals surface area contributed by atoms with Crippen LogP contribution in [-0.2, 0) is 9.53 Å². The predicted molar refractivity (Wildman–Crippen MR) is 65.1 cm³/mol. The van der Waals surface area contributed by atoms with Gasteiger partial charge in [0.2, 0.25) is 5.91 Å². The van der Waals surface area contributed by atoms with Gasteiger partial charge in [-0.15, -0.1) is 0 Å². The molecule has 0 aliphatic rings. The van der Waals surface area contributed by atoms with Crippen LogP contribution >= 0.6 is 11.8 Å². The summed E-state index contributed by atoms with van der Waals surface area (Å²) in [6.45, 7) is 5.00. The van der Waals surface area contributed by atoms with Crippen molar-refractivity contribution in [3.63, 3.8) is 0 Å². The van der Waals surface area contributed by atoms with Gasteiger partial charge >= 0.3 is 0 Å². The molecular weight excluding hydrogens is 212 g/mol. The first-order valence-electron chi connectivity index (χ1n) is 5.21. The summed E-state index contributed by atoms with van der Waals surface area (Å²) in [7, 11) is 0. The van der Waals surface area contributed by atoms with Gasteiger partial charge in [-0.1, -0.05) is 0 Å². The summed E-state index contributed by atoms with van der Waals surface area (Å²) in [5.74, 6) is 0.827. The lowest BCUT2D eigenvalue weighted by molar-refractivity contribution is -0.122. The molecule has 3 N–H and O–H groups in total. The van der Waals surface area contributed by atoms with E-state index in [4.69, 9.17) is 10.5 Å². The molecule has 5 heteroatoms. The Bertz CT molecular complexity index is 177. The minimum absolute atomic E-state index is 0.0867. The fraction of sp³-hybridized carbons (Fsp3) is 0.900. The van der Waals surface area contributed by atoms with Gasteiger partial charge in [-0.2, -0.15) is 11.8 Å². The zero-order chi connectivity index (χ0) is 11.7. The molecule has 0 spiro atoms. The van der Waals surface area contributed by atoms with Crippen LogP contribution in [0.5, 0.6) is 0 Å². The minimum Gasteiger partial charge on any atom is -0.377 e. The highest BCUT2D eigenvalue weighted by atomic mass is 32.2. The Labute approximate surface area is 96.3 Å². The summed E-state index contributed by atoms with van der Waals surface area (Å²) in [6.07, 6.45) is 2.92. The van der Waals surface area contributed by atoms with Crippen molar-refractivity contribution >= 4 is 17.7 Å². The number of nitrogens with one attached hydrogen (secondary N) is 1. The first-order chi connectivity index (χ1) is 7.07. The van der Waals surface area contributed by atoms with E-state index in [0.717, 1.165) is 12.2 Å². The smallest absolute Gasteiger partial charge is 0.237 e. The average Bonchev–Trinajstić information content (AvgIpc) is 2.20. The molecule has 0 aromatic rings. The van der Waals surface area contributed by atoms with E-state index in [0.29, 0.717) is 13.2 Å². The lowest BCUT2D eigenvalue weighted by Crippen LogP contribution is -2.42. The highest BCUT2D eigenvalue weighted by Gasteiger charge is 2.11. The fourth-order valence-corrected chi connectivity index (χ4v) is 1.47. The highest BCUT2D eigenvalue weighted by molar-refractivity contribution is 7.98. The summed E-state index contributed by atoms with van der Waals surface area (Å²) in [5, 5.41) is 2.75. The highest BCUT2D eigenvalue weighted by Crippen LogP contribution is 1.98. The molecule has 0 saturated heterocycles. The number of rotatable bonds is 8. The molecular formula is C10H22N2O2S. The van der Waals surface area contributed by atoms with Crippen molar-refractivity contribution in [2.75, 3.05) is 25.2 Å². The summed E-state index contributed by atoms with van der Waals surface area (Å²) >= 11 is 1.69. The van der Waals surface area contributed by atoms with E-state index >= 15 is 0 Å². The quantitative estimate of drug-likeness (QED) is 0.604. The van der Waals surface area contributed by atoms with E-state index in [9.17, 15) is 4.79 Å². The summed E-state index contributed by atoms with van der Waals surface area (Å²) < 4.78 is 5.29. The third kappa shape index (κ3) is 8.72. The number of ether oxygens (including phenoxy) is 1. The van der Waals surface area contributed by atoms with Crippen molar-refractivity contribution in [2.45, 2.75) is 32.4 Å². The van der Waals surface area contributed by atoms with Gasteiger partial charge in [-0.3, -0.25) is 4.79 Å². The topological polar surface area (TPSA) is 64.4 Å². The van der Waals surface area contributed by atoms with Crippen molar-refractivity contribution < 1.29 is 9.53 Å². The number of hydrogen-bond donors (Lipinski definition) is 2. The van der Waals surface area contributed by atoms with Gasteiger partial charge in [0, 0.05) is 6.54 Å². The van der Waals surface area contributed by atoms with E-state index < -0.39 is 6.04 Å². The molecule has 0 aliphatic carbocycles. The van der Waals surface area contributed by atoms with Crippen molar-refractivity contribution in [1.82, 2.24) is 5.32 Å². The second-order valence-corrected chi connectivity index (χ2v) is 4.58. The fourth-order valence-electron chi connectivity index (χ4n) is 0.976. The monoisotopic (exact) mass is 234 g/mol. The molecule has 0 bridgehead atoms. The second-order valence-electron chi connectivity index (χ2n) is 3.60. The number of hydrogen-bond acceptors (Lipinski definition) is 4. The molecule has 0 aromatic carbocycles. The Kier molecular flexibility index (Phi) is 8.85. The third-order valence-corrected chi connectivity index (χ3v) is 2.47. The molecule has 90 valence electrons. The molecule has 4 nitrogen and oxygen atoms in total. The van der Waals surface area contributed by atoms with Crippen LogP contribution in [0.25, 0.3) is 0 Å². The predicted octanol–water partition coefficient (Wildman–Crippen LogP) is 0.608. The molecule has 0 aromatic heterocycles. The van der Waals surface area contributed by atoms with Gasteiger partial charge in [-0.05, 0) is 32.3 Å². The summed E-state index contributed by atoms with van der Waals surface area (Å²) in [5.41, 5.74) is 5.68. The lowest BCUT2D eigenvalue weighted by Gasteiger charge is -2.12. The zero-order valence-corrected chi connectivity index (χ0v) is 10.6. The van der Waals surface area contributed by atoms with Crippen molar-refractivity contribution in [3.8, 4) is 0 Å². The molecule has 0 heterocycles. The van der Waals surface area contributed by atoms with Crippen LogP contribution in [0.4, 0.5) is 0 Å². The van der Waals surface area contributed by atoms with E-state index in [1.54, 1.807) is 11.8 Å². The summed E-state index contributed by atoms with van der Waals surface area (Å²) in [6, 6.07) is -0.392. The second kappa shape index (κ2) is 9.00. The molecule has 0 fully saturated rings. The molecule has 0 unspecified atom stereocenters. The van der Waals surface area contributed by atoms with Gasteiger partial charge in [0.05, 0.1) is 18.8 Å². The number of amides is 1. The van der Waals surface area contributed by atoms with Crippen LogP contribution < -0.4 is 11.1 Å². The number of carbonyl (C=O) groups excluding carboxylic acids is 1. The number of carbonyl (C=O) groups is 1. The average molecular weight is 234 g/mol. The van der Waals surface area contributed by atoms with E-state index in [-0.39, 0.29) is 12.0 Å². The Morgan fingerprint density at radius 2 is 2.20 bits per heavy atom. The number of nitrogens with two attached hydrogens (primary N) is 1. The van der Waals surface area contributed by atoms with Crippen molar-refractivity contribution in [1.29, 1.82) is 0 Å². The Morgan fingerprint density at radius 3 is 2.73 bits per heavy atom. The normalized spacial score (nSPS) is 12.9. The lowest BCUT2D eigenvalue weighted by atomic mass is 10.2. The maximum atomic E-state index is 11.4. The SMILES string of the molecule is CSCC[C@@H](N)C(=O)NCCOC(C)C. The maximum absolute atomic E-state index is 11.4. The standard InChI is InChI=1S/C10H22N2O2S/c1-8(2)14-6-5-12-10(13)9(11)4-7-15-3/h8-9H,4-7,11H2,1-3H3,(H,12,13)/t9-/m1/s1. The van der Waals surface area contributed by atoms with Gasteiger partial charge < -0.3 is 15.8 Å². The molecule has 15 heavy (non-hydrogen) atoms. The number of thioether (sulfide) groups is 1. The van der Waals surface area contributed by atoms with Crippen molar-refractivity contribution in [2.24, 2.45) is 5.73 Å².